The van der Waals surface area contributed by atoms with Gasteiger partial charge in [0, 0.05) is 23.8 Å². The lowest BCUT2D eigenvalue weighted by atomic mass is 9.96. The summed E-state index contributed by atoms with van der Waals surface area (Å²) in [6, 6.07) is 20.1. The predicted octanol–water partition coefficient (Wildman–Crippen LogP) is 5.38. The van der Waals surface area contributed by atoms with Crippen molar-refractivity contribution in [2.24, 2.45) is 0 Å². The molecule has 5 rings (SSSR count). The van der Waals surface area contributed by atoms with Gasteiger partial charge in [0.05, 0.1) is 30.6 Å². The van der Waals surface area contributed by atoms with Crippen LogP contribution in [-0.2, 0) is 0 Å². The summed E-state index contributed by atoms with van der Waals surface area (Å²) in [5.74, 6) is 1.67. The van der Waals surface area contributed by atoms with E-state index in [1.54, 1.807) is 7.11 Å². The number of anilines is 1. The van der Waals surface area contributed by atoms with Crippen molar-refractivity contribution in [1.82, 2.24) is 19.9 Å². The summed E-state index contributed by atoms with van der Waals surface area (Å²) in [7, 11) is 1.69. The molecule has 34 heavy (non-hydrogen) atoms. The van der Waals surface area contributed by atoms with Crippen LogP contribution in [0.1, 0.15) is 40.3 Å². The average Bonchev–Trinajstić information content (AvgIpc) is 3.35. The molecule has 1 aromatic carbocycles. The van der Waals surface area contributed by atoms with Gasteiger partial charge in [0.25, 0.3) is 0 Å². The lowest BCUT2D eigenvalue weighted by molar-refractivity contribution is 0.414. The molecule has 1 saturated heterocycles. The second kappa shape index (κ2) is 8.91. The largest absolute Gasteiger partial charge is 0.495 e. The van der Waals surface area contributed by atoms with Crippen molar-refractivity contribution in [2.75, 3.05) is 12.0 Å². The third-order valence-electron chi connectivity index (χ3n) is 6.36. The van der Waals surface area contributed by atoms with Crippen molar-refractivity contribution < 1.29 is 4.74 Å². The smallest absolute Gasteiger partial charge is 0.174 e. The molecule has 0 amide bonds. The van der Waals surface area contributed by atoms with Gasteiger partial charge in [-0.2, -0.15) is 0 Å². The summed E-state index contributed by atoms with van der Waals surface area (Å²) in [6.07, 6.45) is 3.72. The molecule has 0 spiro atoms. The molecule has 3 aromatic heterocycles. The number of rotatable bonds is 5. The number of hydrogen-bond acceptors (Lipinski definition) is 4. The summed E-state index contributed by atoms with van der Waals surface area (Å²) in [5.41, 5.74) is 6.38. The first-order valence-electron chi connectivity index (χ1n) is 11.2. The van der Waals surface area contributed by atoms with Crippen molar-refractivity contribution in [2.45, 2.75) is 32.9 Å². The summed E-state index contributed by atoms with van der Waals surface area (Å²) >= 11 is 5.89. The van der Waals surface area contributed by atoms with Gasteiger partial charge in [-0.3, -0.25) is 4.98 Å². The Morgan fingerprint density at radius 1 is 0.971 bits per heavy atom. The molecule has 4 aromatic rings. The number of pyridine rings is 2. The van der Waals surface area contributed by atoms with E-state index in [0.29, 0.717) is 5.11 Å². The first-order chi connectivity index (χ1) is 16.5. The zero-order valence-corrected chi connectivity index (χ0v) is 20.5. The van der Waals surface area contributed by atoms with Crippen LogP contribution in [0.5, 0.6) is 5.75 Å². The van der Waals surface area contributed by atoms with Crippen LogP contribution in [0.2, 0.25) is 0 Å². The quantitative estimate of drug-likeness (QED) is 0.396. The summed E-state index contributed by atoms with van der Waals surface area (Å²) in [5, 5.41) is 4.18. The zero-order chi connectivity index (χ0) is 23.8. The monoisotopic (exact) mass is 469 g/mol. The molecule has 1 fully saturated rings. The normalized spacial score (nSPS) is 17.6. The van der Waals surface area contributed by atoms with Gasteiger partial charge in [-0.05, 0) is 80.5 Å². The molecule has 0 unspecified atom stereocenters. The maximum Gasteiger partial charge on any atom is 0.174 e. The summed E-state index contributed by atoms with van der Waals surface area (Å²) in [4.78, 5) is 11.5. The van der Waals surface area contributed by atoms with E-state index in [0.717, 1.165) is 45.5 Å². The Kier molecular flexibility index (Phi) is 5.79. The van der Waals surface area contributed by atoms with Gasteiger partial charge in [0.1, 0.15) is 11.6 Å². The van der Waals surface area contributed by atoms with Gasteiger partial charge in [-0.1, -0.05) is 24.3 Å². The molecule has 0 saturated carbocycles. The summed E-state index contributed by atoms with van der Waals surface area (Å²) in [6.45, 7) is 6.30. The van der Waals surface area contributed by atoms with Crippen LogP contribution in [0, 0.1) is 20.8 Å². The van der Waals surface area contributed by atoms with Gasteiger partial charge >= 0.3 is 0 Å². The molecule has 6 nitrogen and oxygen atoms in total. The summed E-state index contributed by atoms with van der Waals surface area (Å²) < 4.78 is 7.91. The van der Waals surface area contributed by atoms with Gasteiger partial charge in [0.2, 0.25) is 0 Å². The maximum absolute atomic E-state index is 5.89. The SMILES string of the molecule is COc1ccccc1N1C(=S)N[C@@H](c2ccccn2)[C@H]1c1cc(C)n(-c2ccc(C)cn2)c1C. The number of aryl methyl sites for hydroxylation is 2. The number of thiocarbonyl (C=S) groups is 1. The third-order valence-corrected chi connectivity index (χ3v) is 6.67. The number of ether oxygens (including phenoxy) is 1. The Morgan fingerprint density at radius 3 is 2.47 bits per heavy atom. The van der Waals surface area contributed by atoms with Gasteiger partial charge in [0.15, 0.2) is 5.11 Å². The van der Waals surface area contributed by atoms with E-state index in [2.05, 4.69) is 56.8 Å². The minimum atomic E-state index is -0.126. The highest BCUT2D eigenvalue weighted by molar-refractivity contribution is 7.80. The van der Waals surface area contributed by atoms with Crippen molar-refractivity contribution in [3.8, 4) is 11.6 Å². The molecule has 1 N–H and O–H groups in total. The highest BCUT2D eigenvalue weighted by Crippen LogP contribution is 2.45. The Hall–Kier alpha value is -3.71. The van der Waals surface area contributed by atoms with Crippen molar-refractivity contribution in [3.05, 3.63) is 101 Å². The number of para-hydroxylation sites is 2. The van der Waals surface area contributed by atoms with Gasteiger partial charge < -0.3 is 19.5 Å². The number of nitrogens with zero attached hydrogens (tertiary/aromatic N) is 4. The predicted molar refractivity (Wildman–Crippen MR) is 139 cm³/mol. The van der Waals surface area contributed by atoms with E-state index in [9.17, 15) is 0 Å². The number of nitrogens with one attached hydrogen (secondary N) is 1. The van der Waals surface area contributed by atoms with E-state index in [1.807, 2.05) is 61.8 Å². The molecular formula is C27H27N5OS. The fourth-order valence-electron chi connectivity index (χ4n) is 4.79. The lowest BCUT2D eigenvalue weighted by Gasteiger charge is -2.29. The Morgan fingerprint density at radius 2 is 1.76 bits per heavy atom. The van der Waals surface area contributed by atoms with Crippen LogP contribution in [0.4, 0.5) is 5.69 Å². The topological polar surface area (TPSA) is 55.2 Å². The number of benzene rings is 1. The van der Waals surface area contributed by atoms with Gasteiger partial charge in [-0.15, -0.1) is 0 Å². The van der Waals surface area contributed by atoms with E-state index in [-0.39, 0.29) is 12.1 Å². The molecule has 1 aliphatic rings. The number of hydrogen-bond donors (Lipinski definition) is 1. The van der Waals surface area contributed by atoms with E-state index >= 15 is 0 Å². The van der Waals surface area contributed by atoms with Crippen molar-refractivity contribution in [1.29, 1.82) is 0 Å². The van der Waals surface area contributed by atoms with Gasteiger partial charge in [-0.25, -0.2) is 4.98 Å². The molecular weight excluding hydrogens is 442 g/mol. The molecule has 0 bridgehead atoms. The number of aromatic nitrogens is 3. The zero-order valence-electron chi connectivity index (χ0n) is 19.7. The van der Waals surface area contributed by atoms with E-state index in [4.69, 9.17) is 17.0 Å². The average molecular weight is 470 g/mol. The fourth-order valence-corrected chi connectivity index (χ4v) is 5.13. The molecule has 2 atom stereocenters. The van der Waals surface area contributed by atoms with Crippen LogP contribution < -0.4 is 15.0 Å². The standard InChI is InChI=1S/C27H27N5OS/c1-17-12-13-24(29-16-17)31-18(2)15-20(19(31)3)26-25(21-9-7-8-14-28-21)30-27(34)32(26)22-10-5-6-11-23(22)33-4/h5-16,25-26H,1-4H3,(H,30,34)/t25-,26+/m0/s1. The van der Waals surface area contributed by atoms with E-state index in [1.165, 1.54) is 0 Å². The van der Waals surface area contributed by atoms with Crippen LogP contribution >= 0.6 is 12.2 Å². The highest BCUT2D eigenvalue weighted by atomic mass is 32.1. The van der Waals surface area contributed by atoms with Crippen LogP contribution in [0.25, 0.3) is 5.82 Å². The lowest BCUT2D eigenvalue weighted by Crippen LogP contribution is -2.30. The Labute approximate surface area is 205 Å². The highest BCUT2D eigenvalue weighted by Gasteiger charge is 2.43. The Balaban J connectivity index is 1.70. The van der Waals surface area contributed by atoms with E-state index < -0.39 is 0 Å². The van der Waals surface area contributed by atoms with Crippen LogP contribution in [0.15, 0.2) is 73.1 Å². The first kappa shape index (κ1) is 22.1. The molecule has 1 aliphatic heterocycles. The molecule has 4 heterocycles. The molecule has 172 valence electrons. The van der Waals surface area contributed by atoms with Crippen molar-refractivity contribution >= 4 is 23.0 Å². The van der Waals surface area contributed by atoms with Crippen LogP contribution in [-0.4, -0.2) is 26.8 Å². The first-order valence-corrected chi connectivity index (χ1v) is 11.7. The molecule has 0 radical (unpaired) electrons. The number of methoxy groups -OCH3 is 1. The fraction of sp³-hybridized carbons (Fsp3) is 0.222. The van der Waals surface area contributed by atoms with Crippen LogP contribution in [0.3, 0.4) is 0 Å². The second-order valence-electron chi connectivity index (χ2n) is 8.52. The van der Waals surface area contributed by atoms with Crippen molar-refractivity contribution in [3.63, 3.8) is 0 Å². The Bertz CT molecular complexity index is 1330. The maximum atomic E-state index is 5.89. The molecule has 7 heteroatoms. The molecule has 0 aliphatic carbocycles. The minimum absolute atomic E-state index is 0.121. The second-order valence-corrected chi connectivity index (χ2v) is 8.91. The third kappa shape index (κ3) is 3.72. The minimum Gasteiger partial charge on any atom is -0.495 e.